The van der Waals surface area contributed by atoms with Gasteiger partial charge in [-0.25, -0.2) is 4.98 Å². The average Bonchev–Trinajstić information content (AvgIpc) is 3.48. The van der Waals surface area contributed by atoms with Crippen molar-refractivity contribution in [2.75, 3.05) is 6.54 Å². The van der Waals surface area contributed by atoms with E-state index in [1.807, 2.05) is 59.5 Å². The molecule has 2 heterocycles. The molecule has 0 spiro atoms. The Morgan fingerprint density at radius 1 is 0.971 bits per heavy atom. The van der Waals surface area contributed by atoms with Gasteiger partial charge >= 0.3 is 0 Å². The molecule has 0 saturated carbocycles. The monoisotopic (exact) mass is 477 g/mol. The van der Waals surface area contributed by atoms with Crippen LogP contribution in [0.3, 0.4) is 0 Å². The topological polar surface area (TPSA) is 37.6 Å². The van der Waals surface area contributed by atoms with E-state index >= 15 is 0 Å². The summed E-state index contributed by atoms with van der Waals surface area (Å²) in [5, 5.41) is 2.15. The van der Waals surface area contributed by atoms with Crippen LogP contribution < -0.4 is 0 Å². The summed E-state index contributed by atoms with van der Waals surface area (Å²) in [6, 6.07) is 28.5. The van der Waals surface area contributed by atoms with Gasteiger partial charge in [0.15, 0.2) is 4.96 Å². The van der Waals surface area contributed by atoms with E-state index < -0.39 is 0 Å². The van der Waals surface area contributed by atoms with Crippen LogP contribution in [0.5, 0.6) is 0 Å². The standard InChI is InChI=1S/C30H27N3OS/c1-23-12-15-26(16-13-23)28-21-33-27(22-35-30(33)31-28)18-19-32(20-25-10-6-3-7-11-25)29(34)17-14-24-8-4-2-5-9-24/h2-17,21-22H,18-20H2,1H3. The average molecular weight is 478 g/mol. The van der Waals surface area contributed by atoms with Gasteiger partial charge in [0.2, 0.25) is 5.91 Å². The van der Waals surface area contributed by atoms with Crippen molar-refractivity contribution in [2.24, 2.45) is 0 Å². The van der Waals surface area contributed by atoms with Crippen LogP contribution in [0.1, 0.15) is 22.4 Å². The molecule has 0 atom stereocenters. The normalized spacial score (nSPS) is 11.3. The molecule has 0 radical (unpaired) electrons. The summed E-state index contributed by atoms with van der Waals surface area (Å²) >= 11 is 1.64. The number of carbonyl (C=O) groups is 1. The number of thiazole rings is 1. The van der Waals surface area contributed by atoms with Crippen molar-refractivity contribution in [3.05, 3.63) is 125 Å². The number of hydrogen-bond acceptors (Lipinski definition) is 3. The molecule has 0 unspecified atom stereocenters. The highest BCUT2D eigenvalue weighted by Crippen LogP contribution is 2.24. The number of amides is 1. The highest BCUT2D eigenvalue weighted by Gasteiger charge is 2.15. The summed E-state index contributed by atoms with van der Waals surface area (Å²) in [7, 11) is 0. The van der Waals surface area contributed by atoms with E-state index in [0.29, 0.717) is 13.1 Å². The van der Waals surface area contributed by atoms with Crippen molar-refractivity contribution >= 4 is 28.3 Å². The second kappa shape index (κ2) is 10.5. The first kappa shape index (κ1) is 22.8. The summed E-state index contributed by atoms with van der Waals surface area (Å²) in [4.78, 5) is 20.9. The van der Waals surface area contributed by atoms with Crippen molar-refractivity contribution in [1.29, 1.82) is 0 Å². The fourth-order valence-electron chi connectivity index (χ4n) is 4.03. The van der Waals surface area contributed by atoms with Crippen LogP contribution in [0.15, 0.2) is 103 Å². The number of aryl methyl sites for hydroxylation is 1. The van der Waals surface area contributed by atoms with Crippen molar-refractivity contribution in [1.82, 2.24) is 14.3 Å². The Balaban J connectivity index is 1.34. The first-order valence-electron chi connectivity index (χ1n) is 11.7. The molecule has 174 valence electrons. The van der Waals surface area contributed by atoms with Crippen LogP contribution >= 0.6 is 11.3 Å². The molecule has 0 fully saturated rings. The third kappa shape index (κ3) is 5.58. The van der Waals surface area contributed by atoms with E-state index in [-0.39, 0.29) is 5.91 Å². The molecule has 5 rings (SSSR count). The van der Waals surface area contributed by atoms with Crippen LogP contribution in [0, 0.1) is 6.92 Å². The predicted molar refractivity (Wildman–Crippen MR) is 144 cm³/mol. The molecule has 0 aliphatic rings. The molecule has 3 aromatic carbocycles. The second-order valence-electron chi connectivity index (χ2n) is 8.61. The summed E-state index contributed by atoms with van der Waals surface area (Å²) in [5.41, 5.74) is 6.62. The molecule has 1 amide bonds. The molecule has 2 aromatic heterocycles. The highest BCUT2D eigenvalue weighted by molar-refractivity contribution is 7.15. The molecule has 0 aliphatic heterocycles. The van der Waals surface area contributed by atoms with Crippen LogP contribution in [0.25, 0.3) is 22.3 Å². The van der Waals surface area contributed by atoms with Crippen molar-refractivity contribution in [3.8, 4) is 11.3 Å². The van der Waals surface area contributed by atoms with Gasteiger partial charge in [-0.15, -0.1) is 11.3 Å². The van der Waals surface area contributed by atoms with Gasteiger partial charge in [-0.1, -0.05) is 90.5 Å². The van der Waals surface area contributed by atoms with Gasteiger partial charge in [-0.3, -0.25) is 9.20 Å². The third-order valence-electron chi connectivity index (χ3n) is 6.01. The van der Waals surface area contributed by atoms with Crippen LogP contribution in [-0.2, 0) is 17.8 Å². The van der Waals surface area contributed by atoms with Gasteiger partial charge in [-0.2, -0.15) is 0 Å². The van der Waals surface area contributed by atoms with Gasteiger partial charge in [0, 0.05) is 48.4 Å². The summed E-state index contributed by atoms with van der Waals surface area (Å²) < 4.78 is 2.16. The molecule has 5 heteroatoms. The van der Waals surface area contributed by atoms with Crippen LogP contribution in [-0.4, -0.2) is 26.7 Å². The number of rotatable bonds is 8. The Hall–Kier alpha value is -3.96. The number of imidazole rings is 1. The Kier molecular flexibility index (Phi) is 6.87. The molecule has 5 aromatic rings. The summed E-state index contributed by atoms with van der Waals surface area (Å²) in [6.45, 7) is 3.28. The van der Waals surface area contributed by atoms with E-state index in [0.717, 1.165) is 39.5 Å². The molecular weight excluding hydrogens is 450 g/mol. The van der Waals surface area contributed by atoms with E-state index in [4.69, 9.17) is 4.98 Å². The second-order valence-corrected chi connectivity index (χ2v) is 9.45. The van der Waals surface area contributed by atoms with E-state index in [2.05, 4.69) is 59.3 Å². The zero-order valence-electron chi connectivity index (χ0n) is 19.7. The molecule has 0 N–H and O–H groups in total. The van der Waals surface area contributed by atoms with Crippen LogP contribution in [0.4, 0.5) is 0 Å². The maximum atomic E-state index is 13.2. The van der Waals surface area contributed by atoms with Crippen molar-refractivity contribution in [3.63, 3.8) is 0 Å². The lowest BCUT2D eigenvalue weighted by Gasteiger charge is -2.21. The molecule has 0 aliphatic carbocycles. The largest absolute Gasteiger partial charge is 0.334 e. The zero-order valence-corrected chi connectivity index (χ0v) is 20.5. The molecule has 4 nitrogen and oxygen atoms in total. The Morgan fingerprint density at radius 3 is 2.43 bits per heavy atom. The zero-order chi connectivity index (χ0) is 24.0. The Bertz CT molecular complexity index is 1430. The quantitative estimate of drug-likeness (QED) is 0.235. The lowest BCUT2D eigenvalue weighted by atomic mass is 10.1. The van der Waals surface area contributed by atoms with E-state index in [9.17, 15) is 4.79 Å². The lowest BCUT2D eigenvalue weighted by molar-refractivity contribution is -0.126. The number of aromatic nitrogens is 2. The third-order valence-corrected chi connectivity index (χ3v) is 6.90. The van der Waals surface area contributed by atoms with Gasteiger partial charge in [0.05, 0.1) is 5.69 Å². The van der Waals surface area contributed by atoms with E-state index in [1.54, 1.807) is 17.4 Å². The summed E-state index contributed by atoms with van der Waals surface area (Å²) in [5.74, 6) is 0.00940. The summed E-state index contributed by atoms with van der Waals surface area (Å²) in [6.07, 6.45) is 6.41. The predicted octanol–water partition coefficient (Wildman–Crippen LogP) is 6.66. The smallest absolute Gasteiger partial charge is 0.246 e. The number of nitrogens with zero attached hydrogens (tertiary/aromatic N) is 3. The van der Waals surface area contributed by atoms with Crippen molar-refractivity contribution < 1.29 is 4.79 Å². The minimum Gasteiger partial charge on any atom is -0.334 e. The SMILES string of the molecule is Cc1ccc(-c2cn3c(CCN(Cc4ccccc4)C(=O)C=Cc4ccccc4)csc3n2)cc1. The molecule has 35 heavy (non-hydrogen) atoms. The first-order chi connectivity index (χ1) is 17.2. The highest BCUT2D eigenvalue weighted by atomic mass is 32.1. The Labute approximate surface area is 209 Å². The maximum absolute atomic E-state index is 13.2. The lowest BCUT2D eigenvalue weighted by Crippen LogP contribution is -2.31. The fourth-order valence-corrected chi connectivity index (χ4v) is 4.94. The minimum atomic E-state index is 0.00940. The van der Waals surface area contributed by atoms with Crippen LogP contribution in [0.2, 0.25) is 0 Å². The Morgan fingerprint density at radius 2 is 1.69 bits per heavy atom. The number of fused-ring (bicyclic) bond motifs is 1. The van der Waals surface area contributed by atoms with Crippen molar-refractivity contribution in [2.45, 2.75) is 19.9 Å². The van der Waals surface area contributed by atoms with E-state index in [1.165, 1.54) is 5.56 Å². The van der Waals surface area contributed by atoms with Gasteiger partial charge in [-0.05, 0) is 24.1 Å². The molecule has 0 saturated heterocycles. The first-order valence-corrected chi connectivity index (χ1v) is 12.6. The van der Waals surface area contributed by atoms with Gasteiger partial charge in [0.25, 0.3) is 0 Å². The molecular formula is C30H27N3OS. The van der Waals surface area contributed by atoms with Gasteiger partial charge in [0.1, 0.15) is 0 Å². The fraction of sp³-hybridized carbons (Fsp3) is 0.133. The molecule has 0 bridgehead atoms. The maximum Gasteiger partial charge on any atom is 0.246 e. The van der Waals surface area contributed by atoms with Gasteiger partial charge < -0.3 is 4.90 Å². The number of carbonyl (C=O) groups excluding carboxylic acids is 1. The number of benzene rings is 3. The number of hydrogen-bond donors (Lipinski definition) is 0. The minimum absolute atomic E-state index is 0.00940.